The minimum absolute atomic E-state index is 0.222. The van der Waals surface area contributed by atoms with Crippen LogP contribution in [0.1, 0.15) is 39.0 Å². The zero-order chi connectivity index (χ0) is 17.5. The van der Waals surface area contributed by atoms with Crippen molar-refractivity contribution in [2.45, 2.75) is 57.3 Å². The highest BCUT2D eigenvalue weighted by atomic mass is 16.4. The van der Waals surface area contributed by atoms with Gasteiger partial charge in [-0.05, 0) is 32.6 Å². The van der Waals surface area contributed by atoms with Crippen molar-refractivity contribution in [2.24, 2.45) is 0 Å². The van der Waals surface area contributed by atoms with Crippen LogP contribution in [0.2, 0.25) is 0 Å². The average molecular weight is 324 g/mol. The number of aliphatic carboxylic acids is 1. The Kier molecular flexibility index (Phi) is 12.9. The van der Waals surface area contributed by atoms with Gasteiger partial charge in [0.25, 0.3) is 0 Å². The summed E-state index contributed by atoms with van der Waals surface area (Å²) in [6, 6.07) is 0. The fourth-order valence-electron chi connectivity index (χ4n) is 1.80. The predicted molar refractivity (Wildman–Crippen MR) is 91.0 cm³/mol. The topological polar surface area (TPSA) is 98.0 Å². The fourth-order valence-corrected chi connectivity index (χ4v) is 1.80. The van der Waals surface area contributed by atoms with Crippen LogP contribution in [0, 0.1) is 0 Å². The average Bonchev–Trinajstić information content (AvgIpc) is 2.45. The lowest BCUT2D eigenvalue weighted by Gasteiger charge is -2.10. The molecule has 130 valence electrons. The molecule has 0 fully saturated rings. The van der Waals surface area contributed by atoms with Crippen molar-refractivity contribution in [3.63, 3.8) is 0 Å². The van der Waals surface area contributed by atoms with E-state index in [1.54, 1.807) is 31.2 Å². The SMILES string of the molecule is C[C@@H](O)CCC/C=C/C=C/[C@H](O)C[C@@H](O)C/C=C\C=C\C(=O)O. The van der Waals surface area contributed by atoms with Crippen LogP contribution in [0.4, 0.5) is 0 Å². The second-order valence-electron chi connectivity index (χ2n) is 5.41. The minimum atomic E-state index is -1.02. The van der Waals surface area contributed by atoms with E-state index in [0.717, 1.165) is 25.3 Å². The molecule has 0 aliphatic rings. The van der Waals surface area contributed by atoms with Crippen molar-refractivity contribution in [1.82, 2.24) is 0 Å². The van der Waals surface area contributed by atoms with Crippen LogP contribution < -0.4 is 0 Å². The van der Waals surface area contributed by atoms with E-state index in [1.165, 1.54) is 6.08 Å². The van der Waals surface area contributed by atoms with Crippen molar-refractivity contribution in [3.8, 4) is 0 Å². The molecule has 4 N–H and O–H groups in total. The van der Waals surface area contributed by atoms with E-state index in [4.69, 9.17) is 10.2 Å². The predicted octanol–water partition coefficient (Wildman–Crippen LogP) is 2.35. The maximum absolute atomic E-state index is 10.2. The molecule has 0 bridgehead atoms. The van der Waals surface area contributed by atoms with Gasteiger partial charge in [-0.15, -0.1) is 0 Å². The van der Waals surface area contributed by atoms with Gasteiger partial charge in [-0.1, -0.05) is 42.5 Å². The summed E-state index contributed by atoms with van der Waals surface area (Å²) in [6.45, 7) is 1.77. The number of hydrogen-bond donors (Lipinski definition) is 4. The number of allylic oxidation sites excluding steroid dienone is 5. The Bertz CT molecular complexity index is 421. The molecule has 0 saturated heterocycles. The van der Waals surface area contributed by atoms with Gasteiger partial charge in [-0.3, -0.25) is 0 Å². The number of rotatable bonds is 12. The molecule has 0 rings (SSSR count). The van der Waals surface area contributed by atoms with Crippen LogP contribution in [-0.2, 0) is 4.79 Å². The highest BCUT2D eigenvalue weighted by Crippen LogP contribution is 2.05. The molecule has 0 aromatic rings. The summed E-state index contributed by atoms with van der Waals surface area (Å²) in [7, 11) is 0. The number of unbranched alkanes of at least 4 members (excludes halogenated alkanes) is 1. The van der Waals surface area contributed by atoms with Crippen LogP contribution >= 0.6 is 0 Å². The van der Waals surface area contributed by atoms with E-state index in [0.29, 0.717) is 6.42 Å². The van der Waals surface area contributed by atoms with E-state index >= 15 is 0 Å². The van der Waals surface area contributed by atoms with Crippen molar-refractivity contribution in [2.75, 3.05) is 0 Å². The number of carboxylic acid groups (broad SMARTS) is 1. The number of carbonyl (C=O) groups is 1. The Morgan fingerprint density at radius 2 is 1.74 bits per heavy atom. The van der Waals surface area contributed by atoms with Crippen molar-refractivity contribution in [1.29, 1.82) is 0 Å². The Morgan fingerprint density at radius 1 is 1.04 bits per heavy atom. The molecule has 0 unspecified atom stereocenters. The van der Waals surface area contributed by atoms with Gasteiger partial charge in [0.15, 0.2) is 0 Å². The summed E-state index contributed by atoms with van der Waals surface area (Å²) in [5, 5.41) is 37.0. The third-order valence-electron chi connectivity index (χ3n) is 2.98. The van der Waals surface area contributed by atoms with E-state index in [2.05, 4.69) is 0 Å². The summed E-state index contributed by atoms with van der Waals surface area (Å²) in [5.41, 5.74) is 0. The lowest BCUT2D eigenvalue weighted by Crippen LogP contribution is -2.14. The summed E-state index contributed by atoms with van der Waals surface area (Å²) in [4.78, 5) is 10.2. The van der Waals surface area contributed by atoms with Gasteiger partial charge in [-0.25, -0.2) is 4.79 Å². The number of carboxylic acids is 1. The second-order valence-corrected chi connectivity index (χ2v) is 5.41. The zero-order valence-corrected chi connectivity index (χ0v) is 13.6. The van der Waals surface area contributed by atoms with E-state index in [1.807, 2.05) is 12.2 Å². The van der Waals surface area contributed by atoms with Crippen LogP contribution in [0.3, 0.4) is 0 Å². The van der Waals surface area contributed by atoms with Gasteiger partial charge in [-0.2, -0.15) is 0 Å². The molecule has 0 spiro atoms. The summed E-state index contributed by atoms with van der Waals surface area (Å²) in [5.74, 6) is -1.02. The van der Waals surface area contributed by atoms with Crippen molar-refractivity contribution in [3.05, 3.63) is 48.6 Å². The number of aliphatic hydroxyl groups is 3. The molecule has 0 radical (unpaired) electrons. The molecule has 23 heavy (non-hydrogen) atoms. The Labute approximate surface area is 138 Å². The molecule has 5 heteroatoms. The van der Waals surface area contributed by atoms with Crippen molar-refractivity contribution < 1.29 is 25.2 Å². The molecular formula is C18H28O5. The van der Waals surface area contributed by atoms with Gasteiger partial charge in [0, 0.05) is 12.5 Å². The normalized spacial score (nSPS) is 16.7. The molecule has 0 aromatic carbocycles. The smallest absolute Gasteiger partial charge is 0.328 e. The molecular weight excluding hydrogens is 296 g/mol. The van der Waals surface area contributed by atoms with Crippen LogP contribution in [0.5, 0.6) is 0 Å². The largest absolute Gasteiger partial charge is 0.478 e. The maximum Gasteiger partial charge on any atom is 0.328 e. The van der Waals surface area contributed by atoms with Gasteiger partial charge >= 0.3 is 5.97 Å². The fraction of sp³-hybridized carbons (Fsp3) is 0.500. The first-order valence-electron chi connectivity index (χ1n) is 7.85. The third kappa shape index (κ3) is 16.5. The molecule has 3 atom stereocenters. The summed E-state index contributed by atoms with van der Waals surface area (Å²) in [6.07, 6.45) is 14.2. The standard InChI is InChI=1S/C18H28O5/c1-15(19)10-6-3-2-4-7-11-16(20)14-17(21)12-8-5-9-13-18(22)23/h2,4-5,7-9,11,13,15-17,19-21H,3,6,10,12,14H2,1H3,(H,22,23)/b4-2+,8-5-,11-7+,13-9+/t15-,16+,17+/m1/s1. The van der Waals surface area contributed by atoms with Gasteiger partial charge in [0.2, 0.25) is 0 Å². The Morgan fingerprint density at radius 3 is 2.39 bits per heavy atom. The van der Waals surface area contributed by atoms with Crippen LogP contribution in [0.25, 0.3) is 0 Å². The van der Waals surface area contributed by atoms with Crippen molar-refractivity contribution >= 4 is 5.97 Å². The van der Waals surface area contributed by atoms with Gasteiger partial charge in [0.05, 0.1) is 18.3 Å². The first kappa shape index (κ1) is 21.3. The molecule has 0 aliphatic carbocycles. The number of hydrogen-bond acceptors (Lipinski definition) is 4. The minimum Gasteiger partial charge on any atom is -0.478 e. The monoisotopic (exact) mass is 324 g/mol. The highest BCUT2D eigenvalue weighted by molar-refractivity contribution is 5.80. The molecule has 5 nitrogen and oxygen atoms in total. The van der Waals surface area contributed by atoms with Gasteiger partial charge in [0.1, 0.15) is 0 Å². The third-order valence-corrected chi connectivity index (χ3v) is 2.98. The first-order chi connectivity index (χ1) is 10.9. The quantitative estimate of drug-likeness (QED) is 0.251. The van der Waals surface area contributed by atoms with Crippen LogP contribution in [-0.4, -0.2) is 44.7 Å². The molecule has 0 aliphatic heterocycles. The van der Waals surface area contributed by atoms with Gasteiger partial charge < -0.3 is 20.4 Å². The lowest BCUT2D eigenvalue weighted by atomic mass is 10.1. The molecule has 0 saturated carbocycles. The lowest BCUT2D eigenvalue weighted by molar-refractivity contribution is -0.131. The first-order valence-corrected chi connectivity index (χ1v) is 7.85. The maximum atomic E-state index is 10.2. The molecule has 0 heterocycles. The van der Waals surface area contributed by atoms with Crippen LogP contribution in [0.15, 0.2) is 48.6 Å². The molecule has 0 aromatic heterocycles. The Balaban J connectivity index is 3.86. The summed E-state index contributed by atoms with van der Waals surface area (Å²) < 4.78 is 0. The van der Waals surface area contributed by atoms with E-state index < -0.39 is 18.2 Å². The highest BCUT2D eigenvalue weighted by Gasteiger charge is 2.07. The zero-order valence-electron chi connectivity index (χ0n) is 13.6. The van der Waals surface area contributed by atoms with E-state index in [-0.39, 0.29) is 12.5 Å². The Hall–Kier alpha value is -1.69. The summed E-state index contributed by atoms with van der Waals surface area (Å²) >= 11 is 0. The second kappa shape index (κ2) is 13.9. The number of aliphatic hydroxyl groups excluding tert-OH is 3. The molecule has 0 amide bonds. The van der Waals surface area contributed by atoms with E-state index in [9.17, 15) is 15.0 Å².